The maximum Gasteiger partial charge on any atom is 0.171 e. The first kappa shape index (κ1) is 14.7. The first-order valence-electron chi connectivity index (χ1n) is 6.90. The third-order valence-electron chi connectivity index (χ3n) is 3.78. The number of benzene rings is 1. The van der Waals surface area contributed by atoms with E-state index in [1.54, 1.807) is 11.8 Å². The SMILES string of the molecule is CSc1ccc(NC(=S)N[C@H]2CCCC[C@H]2C)cc1. The van der Waals surface area contributed by atoms with Crippen LogP contribution in [0.4, 0.5) is 5.69 Å². The summed E-state index contributed by atoms with van der Waals surface area (Å²) in [5.41, 5.74) is 1.05. The van der Waals surface area contributed by atoms with Gasteiger partial charge in [-0.2, -0.15) is 0 Å². The molecule has 0 spiro atoms. The second kappa shape index (κ2) is 7.15. The van der Waals surface area contributed by atoms with Crippen molar-refractivity contribution in [1.82, 2.24) is 5.32 Å². The number of rotatable bonds is 3. The summed E-state index contributed by atoms with van der Waals surface area (Å²) in [6, 6.07) is 8.89. The Morgan fingerprint density at radius 2 is 1.89 bits per heavy atom. The van der Waals surface area contributed by atoms with E-state index in [0.29, 0.717) is 12.0 Å². The van der Waals surface area contributed by atoms with E-state index in [0.717, 1.165) is 10.8 Å². The van der Waals surface area contributed by atoms with Gasteiger partial charge >= 0.3 is 0 Å². The van der Waals surface area contributed by atoms with E-state index in [2.05, 4.69) is 48.1 Å². The lowest BCUT2D eigenvalue weighted by molar-refractivity contribution is 0.309. The molecular weight excluding hydrogens is 272 g/mol. The van der Waals surface area contributed by atoms with Crippen LogP contribution in [0, 0.1) is 5.92 Å². The summed E-state index contributed by atoms with van der Waals surface area (Å²) in [7, 11) is 0. The first-order chi connectivity index (χ1) is 9.19. The number of hydrogen-bond donors (Lipinski definition) is 2. The highest BCUT2D eigenvalue weighted by molar-refractivity contribution is 7.98. The molecule has 4 heteroatoms. The number of thioether (sulfide) groups is 1. The predicted octanol–water partition coefficient (Wildman–Crippen LogP) is 4.27. The Balaban J connectivity index is 1.86. The van der Waals surface area contributed by atoms with Gasteiger partial charge in [-0.25, -0.2) is 0 Å². The van der Waals surface area contributed by atoms with Crippen LogP contribution in [0.3, 0.4) is 0 Å². The van der Waals surface area contributed by atoms with Crippen molar-refractivity contribution >= 4 is 34.8 Å². The molecule has 0 aliphatic heterocycles. The van der Waals surface area contributed by atoms with Crippen LogP contribution in [0.15, 0.2) is 29.2 Å². The van der Waals surface area contributed by atoms with Crippen molar-refractivity contribution < 1.29 is 0 Å². The second-order valence-electron chi connectivity index (χ2n) is 5.20. The summed E-state index contributed by atoms with van der Waals surface area (Å²) in [4.78, 5) is 1.27. The van der Waals surface area contributed by atoms with Crippen LogP contribution >= 0.6 is 24.0 Å². The van der Waals surface area contributed by atoms with E-state index in [1.165, 1.54) is 30.6 Å². The van der Waals surface area contributed by atoms with Crippen LogP contribution in [-0.2, 0) is 0 Å². The van der Waals surface area contributed by atoms with Crippen molar-refractivity contribution in [2.24, 2.45) is 5.92 Å². The van der Waals surface area contributed by atoms with Gasteiger partial charge in [0.25, 0.3) is 0 Å². The zero-order valence-electron chi connectivity index (χ0n) is 11.6. The molecule has 0 amide bonds. The molecule has 1 saturated carbocycles. The van der Waals surface area contributed by atoms with Crippen molar-refractivity contribution in [3.8, 4) is 0 Å². The van der Waals surface area contributed by atoms with Crippen LogP contribution in [0.2, 0.25) is 0 Å². The zero-order chi connectivity index (χ0) is 13.7. The average molecular weight is 294 g/mol. The Morgan fingerprint density at radius 1 is 1.21 bits per heavy atom. The minimum atomic E-state index is 0.527. The topological polar surface area (TPSA) is 24.1 Å². The van der Waals surface area contributed by atoms with Gasteiger partial charge in [0.2, 0.25) is 0 Å². The van der Waals surface area contributed by atoms with E-state index >= 15 is 0 Å². The lowest BCUT2D eigenvalue weighted by Crippen LogP contribution is -2.43. The summed E-state index contributed by atoms with van der Waals surface area (Å²) in [5, 5.41) is 7.48. The molecule has 2 atom stereocenters. The van der Waals surface area contributed by atoms with Crippen molar-refractivity contribution in [3.63, 3.8) is 0 Å². The molecule has 0 aromatic heterocycles. The van der Waals surface area contributed by atoms with Gasteiger partial charge in [0.05, 0.1) is 0 Å². The number of hydrogen-bond acceptors (Lipinski definition) is 2. The summed E-state index contributed by atoms with van der Waals surface area (Å²) in [6.07, 6.45) is 7.29. The van der Waals surface area contributed by atoms with Crippen molar-refractivity contribution in [2.75, 3.05) is 11.6 Å². The third-order valence-corrected chi connectivity index (χ3v) is 4.74. The highest BCUT2D eigenvalue weighted by Gasteiger charge is 2.21. The molecule has 1 aliphatic carbocycles. The molecule has 1 fully saturated rings. The number of nitrogens with one attached hydrogen (secondary N) is 2. The van der Waals surface area contributed by atoms with Crippen molar-refractivity contribution in [1.29, 1.82) is 0 Å². The van der Waals surface area contributed by atoms with Gasteiger partial charge in [0, 0.05) is 16.6 Å². The summed E-state index contributed by atoms with van der Waals surface area (Å²) in [6.45, 7) is 2.31. The molecule has 1 aliphatic rings. The molecular formula is C15H22N2S2. The fourth-order valence-corrected chi connectivity index (χ4v) is 3.22. The van der Waals surface area contributed by atoms with Gasteiger partial charge in [-0.3, -0.25) is 0 Å². The number of thiocarbonyl (C=S) groups is 1. The zero-order valence-corrected chi connectivity index (χ0v) is 13.2. The van der Waals surface area contributed by atoms with E-state index in [1.807, 2.05) is 0 Å². The fourth-order valence-electron chi connectivity index (χ4n) is 2.54. The monoisotopic (exact) mass is 294 g/mol. The Morgan fingerprint density at radius 3 is 2.53 bits per heavy atom. The van der Waals surface area contributed by atoms with Gasteiger partial charge in [-0.15, -0.1) is 11.8 Å². The van der Waals surface area contributed by atoms with Gasteiger partial charge in [-0.1, -0.05) is 19.8 Å². The highest BCUT2D eigenvalue weighted by atomic mass is 32.2. The molecule has 19 heavy (non-hydrogen) atoms. The molecule has 2 N–H and O–H groups in total. The van der Waals surface area contributed by atoms with Crippen LogP contribution in [0.5, 0.6) is 0 Å². The normalized spacial score (nSPS) is 22.8. The molecule has 2 rings (SSSR count). The largest absolute Gasteiger partial charge is 0.359 e. The minimum Gasteiger partial charge on any atom is -0.359 e. The molecule has 0 radical (unpaired) electrons. The predicted molar refractivity (Wildman–Crippen MR) is 89.0 cm³/mol. The second-order valence-corrected chi connectivity index (χ2v) is 6.48. The van der Waals surface area contributed by atoms with Crippen molar-refractivity contribution in [2.45, 2.75) is 43.5 Å². The smallest absolute Gasteiger partial charge is 0.171 e. The van der Waals surface area contributed by atoms with Crippen molar-refractivity contribution in [3.05, 3.63) is 24.3 Å². The standard InChI is InChI=1S/C15H22N2S2/c1-11-5-3-4-6-14(11)17-15(18)16-12-7-9-13(19-2)10-8-12/h7-11,14H,3-6H2,1-2H3,(H2,16,17,18)/t11-,14+/m1/s1. The van der Waals surface area contributed by atoms with Gasteiger partial charge in [0.15, 0.2) is 5.11 Å². The highest BCUT2D eigenvalue weighted by Crippen LogP contribution is 2.24. The van der Waals surface area contributed by atoms with Gasteiger partial charge in [-0.05, 0) is 61.5 Å². The molecule has 0 saturated heterocycles. The lowest BCUT2D eigenvalue weighted by atomic mass is 9.86. The Kier molecular flexibility index (Phi) is 5.52. The van der Waals surface area contributed by atoms with Crippen LogP contribution in [-0.4, -0.2) is 17.4 Å². The first-order valence-corrected chi connectivity index (χ1v) is 8.54. The van der Waals surface area contributed by atoms with E-state index < -0.39 is 0 Å². The molecule has 1 aromatic rings. The van der Waals surface area contributed by atoms with Crippen LogP contribution in [0.25, 0.3) is 0 Å². The van der Waals surface area contributed by atoms with Gasteiger partial charge in [0.1, 0.15) is 0 Å². The maximum atomic E-state index is 5.40. The van der Waals surface area contributed by atoms with E-state index in [9.17, 15) is 0 Å². The van der Waals surface area contributed by atoms with Gasteiger partial charge < -0.3 is 10.6 Å². The molecule has 0 unspecified atom stereocenters. The fraction of sp³-hybridized carbons (Fsp3) is 0.533. The Bertz CT molecular complexity index is 417. The summed E-state index contributed by atoms with van der Waals surface area (Å²) >= 11 is 7.15. The van der Waals surface area contributed by atoms with Crippen LogP contribution < -0.4 is 10.6 Å². The summed E-state index contributed by atoms with van der Waals surface area (Å²) in [5.74, 6) is 0.715. The molecule has 0 heterocycles. The number of anilines is 1. The van der Waals surface area contributed by atoms with E-state index in [-0.39, 0.29) is 0 Å². The quantitative estimate of drug-likeness (QED) is 0.642. The minimum absolute atomic E-state index is 0.527. The lowest BCUT2D eigenvalue weighted by Gasteiger charge is -2.30. The molecule has 0 bridgehead atoms. The summed E-state index contributed by atoms with van der Waals surface area (Å²) < 4.78 is 0. The Labute approximate surface area is 125 Å². The molecule has 2 nitrogen and oxygen atoms in total. The third kappa shape index (κ3) is 4.39. The molecule has 1 aromatic carbocycles. The van der Waals surface area contributed by atoms with Crippen LogP contribution in [0.1, 0.15) is 32.6 Å². The van der Waals surface area contributed by atoms with E-state index in [4.69, 9.17) is 12.2 Å². The molecule has 104 valence electrons. The maximum absolute atomic E-state index is 5.40. The Hall–Kier alpha value is -0.740. The average Bonchev–Trinajstić information content (AvgIpc) is 2.42.